The van der Waals surface area contributed by atoms with Crippen LogP contribution in [0.25, 0.3) is 0 Å². The average molecular weight is 296 g/mol. The number of methoxy groups -OCH3 is 1. The maximum absolute atomic E-state index is 12.0. The second-order valence-corrected chi connectivity index (χ2v) is 6.20. The number of anilines is 1. The second-order valence-electron chi connectivity index (χ2n) is 5.47. The summed E-state index contributed by atoms with van der Waals surface area (Å²) in [6.07, 6.45) is 4.10. The van der Waals surface area contributed by atoms with Crippen LogP contribution in [0.5, 0.6) is 0 Å². The van der Waals surface area contributed by atoms with E-state index >= 15 is 0 Å². The Labute approximate surface area is 122 Å². The van der Waals surface area contributed by atoms with Crippen LogP contribution >= 0.6 is 11.5 Å². The van der Waals surface area contributed by atoms with Crippen LogP contribution in [-0.2, 0) is 16.1 Å². The molecule has 7 heteroatoms. The minimum atomic E-state index is 0.165. The highest BCUT2D eigenvalue weighted by Crippen LogP contribution is 2.26. The van der Waals surface area contributed by atoms with Gasteiger partial charge in [0.25, 0.3) is 0 Å². The molecule has 1 saturated heterocycles. The Morgan fingerprint density at radius 3 is 2.80 bits per heavy atom. The van der Waals surface area contributed by atoms with E-state index in [0.29, 0.717) is 12.6 Å². The third-order valence-electron chi connectivity index (χ3n) is 3.79. The highest BCUT2D eigenvalue weighted by atomic mass is 32.1. The van der Waals surface area contributed by atoms with E-state index in [2.05, 4.69) is 19.6 Å². The Balaban J connectivity index is 1.50. The van der Waals surface area contributed by atoms with Crippen LogP contribution in [0.2, 0.25) is 0 Å². The molecule has 0 aromatic carbocycles. The standard InChI is InChI=1S/C13H20N4O2S/c1-19-8-11-15-13(20-16-11)17-6-4-9(5-7-17)12(18)14-10-2-3-10/h9-10H,2-8H2,1H3,(H,14,18). The molecule has 1 aromatic rings. The van der Waals surface area contributed by atoms with E-state index in [9.17, 15) is 4.79 Å². The Morgan fingerprint density at radius 1 is 1.40 bits per heavy atom. The van der Waals surface area contributed by atoms with Crippen molar-refractivity contribution >= 4 is 22.6 Å². The van der Waals surface area contributed by atoms with Gasteiger partial charge < -0.3 is 15.0 Å². The minimum absolute atomic E-state index is 0.165. The highest BCUT2D eigenvalue weighted by Gasteiger charge is 2.30. The summed E-state index contributed by atoms with van der Waals surface area (Å²) < 4.78 is 9.30. The molecular weight excluding hydrogens is 276 g/mol. The maximum Gasteiger partial charge on any atom is 0.223 e. The number of carbonyl (C=O) groups is 1. The van der Waals surface area contributed by atoms with Crippen molar-refractivity contribution in [3.8, 4) is 0 Å². The van der Waals surface area contributed by atoms with Gasteiger partial charge in [0, 0.05) is 43.7 Å². The lowest BCUT2D eigenvalue weighted by molar-refractivity contribution is -0.125. The van der Waals surface area contributed by atoms with E-state index in [1.54, 1.807) is 7.11 Å². The zero-order valence-corrected chi connectivity index (χ0v) is 12.5. The number of aromatic nitrogens is 2. The van der Waals surface area contributed by atoms with Gasteiger partial charge in [-0.15, -0.1) is 0 Å². The summed E-state index contributed by atoms with van der Waals surface area (Å²) in [5.74, 6) is 1.14. The number of nitrogens with one attached hydrogen (secondary N) is 1. The van der Waals surface area contributed by atoms with Gasteiger partial charge in [0.1, 0.15) is 6.61 Å². The molecule has 1 aromatic heterocycles. The summed E-state index contributed by atoms with van der Waals surface area (Å²) >= 11 is 1.41. The highest BCUT2D eigenvalue weighted by molar-refractivity contribution is 7.09. The first-order valence-electron chi connectivity index (χ1n) is 7.13. The number of rotatable bonds is 5. The zero-order valence-electron chi connectivity index (χ0n) is 11.7. The lowest BCUT2D eigenvalue weighted by atomic mass is 9.96. The topological polar surface area (TPSA) is 67.3 Å². The summed E-state index contributed by atoms with van der Waals surface area (Å²) in [6, 6.07) is 0.459. The van der Waals surface area contributed by atoms with Gasteiger partial charge in [-0.05, 0) is 25.7 Å². The summed E-state index contributed by atoms with van der Waals surface area (Å²) in [5, 5.41) is 4.04. The number of hydrogen-bond acceptors (Lipinski definition) is 6. The van der Waals surface area contributed by atoms with Crippen molar-refractivity contribution in [2.24, 2.45) is 5.92 Å². The Hall–Kier alpha value is -1.21. The van der Waals surface area contributed by atoms with E-state index in [0.717, 1.165) is 49.7 Å². The lowest BCUT2D eigenvalue weighted by Gasteiger charge is -2.30. The van der Waals surface area contributed by atoms with E-state index in [-0.39, 0.29) is 11.8 Å². The fourth-order valence-electron chi connectivity index (χ4n) is 2.44. The average Bonchev–Trinajstić information content (AvgIpc) is 3.15. The zero-order chi connectivity index (χ0) is 13.9. The predicted molar refractivity (Wildman–Crippen MR) is 76.7 cm³/mol. The third-order valence-corrected chi connectivity index (χ3v) is 4.61. The maximum atomic E-state index is 12.0. The number of nitrogens with zero attached hydrogens (tertiary/aromatic N) is 3. The molecule has 0 spiro atoms. The van der Waals surface area contributed by atoms with Gasteiger partial charge in [-0.3, -0.25) is 4.79 Å². The number of hydrogen-bond donors (Lipinski definition) is 1. The quantitative estimate of drug-likeness (QED) is 0.884. The molecule has 1 amide bonds. The first-order valence-corrected chi connectivity index (χ1v) is 7.90. The molecule has 2 fully saturated rings. The lowest BCUT2D eigenvalue weighted by Crippen LogP contribution is -2.41. The van der Waals surface area contributed by atoms with Crippen LogP contribution in [0.1, 0.15) is 31.5 Å². The minimum Gasteiger partial charge on any atom is -0.377 e. The van der Waals surface area contributed by atoms with Crippen molar-refractivity contribution < 1.29 is 9.53 Å². The van der Waals surface area contributed by atoms with Crippen LogP contribution in [-0.4, -0.2) is 41.5 Å². The molecule has 1 saturated carbocycles. The van der Waals surface area contributed by atoms with Crippen LogP contribution in [0, 0.1) is 5.92 Å². The monoisotopic (exact) mass is 296 g/mol. The fourth-order valence-corrected chi connectivity index (χ4v) is 3.17. The Morgan fingerprint density at radius 2 is 2.15 bits per heavy atom. The molecule has 0 bridgehead atoms. The van der Waals surface area contributed by atoms with E-state index in [1.165, 1.54) is 11.5 Å². The summed E-state index contributed by atoms with van der Waals surface area (Å²) in [5.41, 5.74) is 0. The summed E-state index contributed by atoms with van der Waals surface area (Å²) in [7, 11) is 1.64. The van der Waals surface area contributed by atoms with Crippen molar-refractivity contribution in [1.82, 2.24) is 14.7 Å². The number of piperidine rings is 1. The van der Waals surface area contributed by atoms with Gasteiger partial charge in [-0.1, -0.05) is 0 Å². The normalized spacial score (nSPS) is 20.1. The van der Waals surface area contributed by atoms with Crippen LogP contribution in [0.15, 0.2) is 0 Å². The molecule has 0 radical (unpaired) electrons. The molecule has 0 atom stereocenters. The second kappa shape index (κ2) is 6.05. The van der Waals surface area contributed by atoms with Crippen LogP contribution < -0.4 is 10.2 Å². The van der Waals surface area contributed by atoms with Crippen molar-refractivity contribution in [1.29, 1.82) is 0 Å². The third kappa shape index (κ3) is 3.27. The molecule has 6 nitrogen and oxygen atoms in total. The van der Waals surface area contributed by atoms with Gasteiger partial charge in [0.2, 0.25) is 11.0 Å². The predicted octanol–water partition coefficient (Wildman–Crippen LogP) is 1.18. The van der Waals surface area contributed by atoms with Gasteiger partial charge in [-0.25, -0.2) is 4.98 Å². The molecule has 2 aliphatic rings. The number of ether oxygens (including phenoxy) is 1. The molecule has 20 heavy (non-hydrogen) atoms. The molecule has 2 heterocycles. The van der Waals surface area contributed by atoms with Crippen molar-refractivity contribution in [2.45, 2.75) is 38.3 Å². The molecule has 3 rings (SSSR count). The van der Waals surface area contributed by atoms with Gasteiger partial charge in [0.05, 0.1) is 0 Å². The first-order chi connectivity index (χ1) is 9.76. The smallest absolute Gasteiger partial charge is 0.223 e. The van der Waals surface area contributed by atoms with Crippen molar-refractivity contribution in [3.05, 3.63) is 5.82 Å². The summed E-state index contributed by atoms with van der Waals surface area (Å²) in [4.78, 5) is 18.7. The largest absolute Gasteiger partial charge is 0.377 e. The molecule has 1 N–H and O–H groups in total. The molecule has 1 aliphatic carbocycles. The van der Waals surface area contributed by atoms with Crippen LogP contribution in [0.4, 0.5) is 5.13 Å². The molecule has 0 unspecified atom stereocenters. The summed E-state index contributed by atoms with van der Waals surface area (Å²) in [6.45, 7) is 2.21. The van der Waals surface area contributed by atoms with Gasteiger partial charge in [0.15, 0.2) is 5.82 Å². The SMILES string of the molecule is COCc1nsc(N2CCC(C(=O)NC3CC3)CC2)n1. The molecule has 110 valence electrons. The van der Waals surface area contributed by atoms with Gasteiger partial charge in [-0.2, -0.15) is 4.37 Å². The Kier molecular flexibility index (Phi) is 4.16. The number of amides is 1. The molecule has 1 aliphatic heterocycles. The molecular formula is C13H20N4O2S. The van der Waals surface area contributed by atoms with Crippen LogP contribution in [0.3, 0.4) is 0 Å². The Bertz CT molecular complexity index is 467. The van der Waals surface area contributed by atoms with Crippen molar-refractivity contribution in [2.75, 3.05) is 25.1 Å². The van der Waals surface area contributed by atoms with E-state index < -0.39 is 0 Å². The van der Waals surface area contributed by atoms with Crippen molar-refractivity contribution in [3.63, 3.8) is 0 Å². The fraction of sp³-hybridized carbons (Fsp3) is 0.769. The number of carbonyl (C=O) groups excluding carboxylic acids is 1. The van der Waals surface area contributed by atoms with E-state index in [1.807, 2.05) is 0 Å². The first kappa shape index (κ1) is 13.8. The van der Waals surface area contributed by atoms with Gasteiger partial charge >= 0.3 is 0 Å². The van der Waals surface area contributed by atoms with E-state index in [4.69, 9.17) is 4.74 Å².